The van der Waals surface area contributed by atoms with Gasteiger partial charge in [-0.3, -0.25) is 9.48 Å². The third-order valence-electron chi connectivity index (χ3n) is 5.46. The third kappa shape index (κ3) is 4.46. The van der Waals surface area contributed by atoms with Gasteiger partial charge < -0.3 is 10.1 Å². The Morgan fingerprint density at radius 2 is 2.04 bits per heavy atom. The smallest absolute Gasteiger partial charge is 0.226 e. The Hall–Kier alpha value is -1.73. The predicted molar refractivity (Wildman–Crippen MR) is 111 cm³/mol. The number of nitrogens with zero attached hydrogens (tertiary/aromatic N) is 3. The Labute approximate surface area is 170 Å². The van der Waals surface area contributed by atoms with Gasteiger partial charge in [0.15, 0.2) is 0 Å². The van der Waals surface area contributed by atoms with E-state index in [0.29, 0.717) is 18.3 Å². The van der Waals surface area contributed by atoms with Crippen LogP contribution in [0.4, 0.5) is 0 Å². The highest BCUT2D eigenvalue weighted by atomic mass is 32.1. The van der Waals surface area contributed by atoms with Crippen LogP contribution in [0.2, 0.25) is 0 Å². The zero-order valence-corrected chi connectivity index (χ0v) is 17.8. The Bertz CT molecular complexity index is 826. The summed E-state index contributed by atoms with van der Waals surface area (Å²) in [5, 5.41) is 10.7. The highest BCUT2D eigenvalue weighted by Gasteiger charge is 2.34. The van der Waals surface area contributed by atoms with Gasteiger partial charge in [0.25, 0.3) is 0 Å². The average Bonchev–Trinajstić information content (AvgIpc) is 3.22. The SMILES string of the molecule is CC(C)(C)n1ncc(-c2nc(CC(=O)NCC3CCOCC3)cs2)c1C1CC1. The average molecular weight is 403 g/mol. The standard InChI is InChI=1S/C21H30N4O2S/c1-21(2,3)25-19(15-4-5-15)17(12-23-25)20-24-16(13-28-20)10-18(26)22-11-14-6-8-27-9-7-14/h12-15H,4-11H2,1-3H3,(H,22,26). The molecule has 7 heteroatoms. The van der Waals surface area contributed by atoms with E-state index >= 15 is 0 Å². The molecule has 0 radical (unpaired) electrons. The first kappa shape index (κ1) is 19.6. The topological polar surface area (TPSA) is 69.0 Å². The lowest BCUT2D eigenvalue weighted by Gasteiger charge is -2.22. The van der Waals surface area contributed by atoms with Crippen LogP contribution in [-0.4, -0.2) is 40.4 Å². The number of aromatic nitrogens is 3. The molecule has 0 aromatic carbocycles. The van der Waals surface area contributed by atoms with Crippen molar-refractivity contribution in [2.45, 2.75) is 64.3 Å². The van der Waals surface area contributed by atoms with Gasteiger partial charge in [-0.25, -0.2) is 4.98 Å². The second-order valence-corrected chi connectivity index (χ2v) is 9.84. The number of nitrogens with one attached hydrogen (secondary N) is 1. The first-order valence-corrected chi connectivity index (χ1v) is 11.2. The predicted octanol–water partition coefficient (Wildman–Crippen LogP) is 3.72. The van der Waals surface area contributed by atoms with Crippen molar-refractivity contribution in [3.63, 3.8) is 0 Å². The Balaban J connectivity index is 1.42. The van der Waals surface area contributed by atoms with E-state index in [1.165, 1.54) is 18.5 Å². The fraction of sp³-hybridized carbons (Fsp3) is 0.667. The van der Waals surface area contributed by atoms with E-state index in [4.69, 9.17) is 9.72 Å². The lowest BCUT2D eigenvalue weighted by molar-refractivity contribution is -0.120. The molecule has 1 saturated carbocycles. The van der Waals surface area contributed by atoms with Gasteiger partial charge in [-0.15, -0.1) is 11.3 Å². The van der Waals surface area contributed by atoms with Gasteiger partial charge in [0.05, 0.1) is 35.1 Å². The molecule has 0 spiro atoms. The van der Waals surface area contributed by atoms with Crippen LogP contribution >= 0.6 is 11.3 Å². The summed E-state index contributed by atoms with van der Waals surface area (Å²) in [4.78, 5) is 17.1. The summed E-state index contributed by atoms with van der Waals surface area (Å²) in [7, 11) is 0. The van der Waals surface area contributed by atoms with Gasteiger partial charge in [-0.1, -0.05) is 0 Å². The lowest BCUT2D eigenvalue weighted by Crippen LogP contribution is -2.33. The summed E-state index contributed by atoms with van der Waals surface area (Å²) in [6.07, 6.45) is 6.80. The summed E-state index contributed by atoms with van der Waals surface area (Å²) in [5.41, 5.74) is 3.24. The number of hydrogen-bond acceptors (Lipinski definition) is 5. The van der Waals surface area contributed by atoms with E-state index in [2.05, 4.69) is 35.9 Å². The number of carbonyl (C=O) groups excluding carboxylic acids is 1. The maximum Gasteiger partial charge on any atom is 0.226 e. The maximum absolute atomic E-state index is 12.3. The quantitative estimate of drug-likeness (QED) is 0.799. The number of ether oxygens (including phenoxy) is 1. The summed E-state index contributed by atoms with van der Waals surface area (Å²) in [6, 6.07) is 0. The normalized spacial score (nSPS) is 18.4. The van der Waals surface area contributed by atoms with E-state index < -0.39 is 0 Å². The van der Waals surface area contributed by atoms with Crippen molar-refractivity contribution in [2.75, 3.05) is 19.8 Å². The van der Waals surface area contributed by atoms with E-state index in [0.717, 1.165) is 48.9 Å². The number of rotatable bonds is 6. The van der Waals surface area contributed by atoms with Crippen LogP contribution in [-0.2, 0) is 21.5 Å². The minimum absolute atomic E-state index is 0.0414. The van der Waals surface area contributed by atoms with Gasteiger partial charge in [-0.2, -0.15) is 5.10 Å². The molecule has 1 saturated heterocycles. The zero-order valence-electron chi connectivity index (χ0n) is 17.0. The molecule has 28 heavy (non-hydrogen) atoms. The van der Waals surface area contributed by atoms with Crippen LogP contribution in [0.3, 0.4) is 0 Å². The van der Waals surface area contributed by atoms with Gasteiger partial charge >= 0.3 is 0 Å². The van der Waals surface area contributed by atoms with Crippen molar-refractivity contribution in [3.05, 3.63) is 23.0 Å². The van der Waals surface area contributed by atoms with Gasteiger partial charge in [0.2, 0.25) is 5.91 Å². The summed E-state index contributed by atoms with van der Waals surface area (Å²) in [6.45, 7) is 8.91. The van der Waals surface area contributed by atoms with Crippen LogP contribution < -0.4 is 5.32 Å². The van der Waals surface area contributed by atoms with Gasteiger partial charge in [-0.05, 0) is 52.4 Å². The van der Waals surface area contributed by atoms with Crippen LogP contribution in [0, 0.1) is 5.92 Å². The number of thiazole rings is 1. The molecule has 0 unspecified atom stereocenters. The molecule has 1 N–H and O–H groups in total. The highest BCUT2D eigenvalue weighted by molar-refractivity contribution is 7.13. The summed E-state index contributed by atoms with van der Waals surface area (Å²) >= 11 is 1.61. The Morgan fingerprint density at radius 3 is 2.71 bits per heavy atom. The van der Waals surface area contributed by atoms with Crippen molar-refractivity contribution in [2.24, 2.45) is 5.92 Å². The monoisotopic (exact) mass is 402 g/mol. The van der Waals surface area contributed by atoms with Crippen molar-refractivity contribution in [3.8, 4) is 10.6 Å². The summed E-state index contributed by atoms with van der Waals surface area (Å²) < 4.78 is 7.53. The number of amides is 1. The van der Waals surface area contributed by atoms with E-state index in [1.807, 2.05) is 11.6 Å². The second kappa shape index (κ2) is 7.95. The van der Waals surface area contributed by atoms with Crippen LogP contribution in [0.15, 0.2) is 11.6 Å². The van der Waals surface area contributed by atoms with E-state index in [1.54, 1.807) is 11.3 Å². The fourth-order valence-electron chi connectivity index (χ4n) is 3.75. The second-order valence-electron chi connectivity index (χ2n) is 8.98. The van der Waals surface area contributed by atoms with Gasteiger partial charge in [0, 0.05) is 31.1 Å². The van der Waals surface area contributed by atoms with Crippen LogP contribution in [0.5, 0.6) is 0 Å². The molecule has 2 aromatic heterocycles. The van der Waals surface area contributed by atoms with Crippen molar-refractivity contribution >= 4 is 17.2 Å². The summed E-state index contributed by atoms with van der Waals surface area (Å²) in [5.74, 6) is 1.18. The van der Waals surface area contributed by atoms with Gasteiger partial charge in [0.1, 0.15) is 5.01 Å². The van der Waals surface area contributed by atoms with E-state index in [9.17, 15) is 4.79 Å². The van der Waals surface area contributed by atoms with Crippen LogP contribution in [0.25, 0.3) is 10.6 Å². The Kier molecular flexibility index (Phi) is 5.56. The molecule has 1 aliphatic carbocycles. The number of hydrogen-bond donors (Lipinski definition) is 1. The molecule has 3 heterocycles. The molecule has 4 rings (SSSR count). The molecule has 2 aliphatic rings. The zero-order chi connectivity index (χ0) is 19.7. The Morgan fingerprint density at radius 1 is 1.29 bits per heavy atom. The lowest BCUT2D eigenvalue weighted by atomic mass is 10.0. The molecule has 152 valence electrons. The number of carbonyl (C=O) groups is 1. The molecule has 0 atom stereocenters. The largest absolute Gasteiger partial charge is 0.381 e. The fourth-order valence-corrected chi connectivity index (χ4v) is 4.59. The minimum atomic E-state index is -0.0414. The molecule has 2 fully saturated rings. The molecule has 0 bridgehead atoms. The van der Waals surface area contributed by atoms with Crippen molar-refractivity contribution < 1.29 is 9.53 Å². The van der Waals surface area contributed by atoms with Crippen molar-refractivity contribution in [1.29, 1.82) is 0 Å². The maximum atomic E-state index is 12.3. The molecule has 1 aliphatic heterocycles. The molecular weight excluding hydrogens is 372 g/mol. The molecule has 6 nitrogen and oxygen atoms in total. The first-order valence-electron chi connectivity index (χ1n) is 10.3. The van der Waals surface area contributed by atoms with Crippen LogP contribution in [0.1, 0.15) is 63.8 Å². The third-order valence-corrected chi connectivity index (χ3v) is 6.38. The van der Waals surface area contributed by atoms with E-state index in [-0.39, 0.29) is 11.4 Å². The molecule has 2 aromatic rings. The first-order chi connectivity index (χ1) is 13.4. The molecular formula is C21H30N4O2S. The minimum Gasteiger partial charge on any atom is -0.381 e. The van der Waals surface area contributed by atoms with Crippen molar-refractivity contribution in [1.82, 2.24) is 20.1 Å². The molecule has 1 amide bonds. The highest BCUT2D eigenvalue weighted by Crippen LogP contribution is 2.46.